The van der Waals surface area contributed by atoms with Crippen LogP contribution in [-0.4, -0.2) is 59.1 Å². The number of hydrogen-bond donors (Lipinski definition) is 2. The van der Waals surface area contributed by atoms with Crippen molar-refractivity contribution < 1.29 is 17.9 Å². The molecule has 1 aliphatic heterocycles. The number of ether oxygens (including phenoxy) is 1. The predicted molar refractivity (Wildman–Crippen MR) is 92.3 cm³/mol. The maximum atomic E-state index is 12.3. The highest BCUT2D eigenvalue weighted by atomic mass is 32.2. The van der Waals surface area contributed by atoms with Crippen LogP contribution >= 0.6 is 0 Å². The van der Waals surface area contributed by atoms with Crippen molar-refractivity contribution in [3.8, 4) is 5.75 Å². The van der Waals surface area contributed by atoms with Gasteiger partial charge in [0, 0.05) is 31.8 Å². The fourth-order valence-corrected chi connectivity index (χ4v) is 3.48. The summed E-state index contributed by atoms with van der Waals surface area (Å²) in [5.74, 6) is 0.168. The lowest BCUT2D eigenvalue weighted by molar-refractivity contribution is -0.128. The van der Waals surface area contributed by atoms with Gasteiger partial charge in [-0.05, 0) is 37.7 Å². The molecule has 0 bridgehead atoms. The molecule has 0 aliphatic carbocycles. The quantitative estimate of drug-likeness (QED) is 0.750. The lowest BCUT2D eigenvalue weighted by Crippen LogP contribution is -2.51. The van der Waals surface area contributed by atoms with Crippen LogP contribution in [0, 0.1) is 0 Å². The molecule has 1 aromatic rings. The van der Waals surface area contributed by atoms with Crippen molar-refractivity contribution in [2.24, 2.45) is 0 Å². The van der Waals surface area contributed by atoms with Crippen molar-refractivity contribution in [1.82, 2.24) is 14.9 Å². The molecule has 2 N–H and O–H groups in total. The zero-order valence-corrected chi connectivity index (χ0v) is 14.9. The number of nitrogens with zero attached hydrogens (tertiary/aromatic N) is 1. The molecule has 24 heavy (non-hydrogen) atoms. The minimum atomic E-state index is -3.64. The molecule has 0 spiro atoms. The van der Waals surface area contributed by atoms with Gasteiger partial charge in [0.1, 0.15) is 10.6 Å². The zero-order valence-electron chi connectivity index (χ0n) is 14.1. The summed E-state index contributed by atoms with van der Waals surface area (Å²) in [5.41, 5.74) is 0.612. The van der Waals surface area contributed by atoms with Crippen LogP contribution in [0.1, 0.15) is 12.5 Å². The first-order chi connectivity index (χ1) is 11.4. The molecule has 1 heterocycles. The molecule has 132 valence electrons. The molecule has 1 saturated heterocycles. The molecule has 8 heteroatoms. The van der Waals surface area contributed by atoms with Crippen molar-refractivity contribution >= 4 is 22.0 Å². The van der Waals surface area contributed by atoms with E-state index in [4.69, 9.17) is 4.74 Å². The largest absolute Gasteiger partial charge is 0.495 e. The molecule has 1 aromatic carbocycles. The van der Waals surface area contributed by atoms with E-state index in [1.165, 1.54) is 26.3 Å². The van der Waals surface area contributed by atoms with Gasteiger partial charge in [-0.25, -0.2) is 13.1 Å². The van der Waals surface area contributed by atoms with Crippen LogP contribution in [0.3, 0.4) is 0 Å². The van der Waals surface area contributed by atoms with E-state index in [9.17, 15) is 13.2 Å². The number of hydrogen-bond acceptors (Lipinski definition) is 5. The summed E-state index contributed by atoms with van der Waals surface area (Å²) in [6, 6.07) is 4.89. The Morgan fingerprint density at radius 3 is 2.83 bits per heavy atom. The molecule has 0 radical (unpaired) electrons. The number of carbonyl (C=O) groups excluding carboxylic acids is 1. The molecule has 1 aliphatic rings. The number of methoxy groups -OCH3 is 1. The van der Waals surface area contributed by atoms with Crippen molar-refractivity contribution in [3.05, 3.63) is 29.8 Å². The number of piperazine rings is 1. The minimum Gasteiger partial charge on any atom is -0.495 e. The van der Waals surface area contributed by atoms with E-state index in [1.807, 2.05) is 6.92 Å². The molecular formula is C16H23N3O4S. The van der Waals surface area contributed by atoms with Crippen LogP contribution in [0.5, 0.6) is 5.75 Å². The maximum absolute atomic E-state index is 12.3. The van der Waals surface area contributed by atoms with Gasteiger partial charge in [-0.1, -0.05) is 6.07 Å². The fraction of sp³-hybridized carbons (Fsp3) is 0.438. The maximum Gasteiger partial charge on any atom is 0.246 e. The van der Waals surface area contributed by atoms with Gasteiger partial charge in [0.15, 0.2) is 0 Å². The van der Waals surface area contributed by atoms with Crippen molar-refractivity contribution in [1.29, 1.82) is 0 Å². The normalized spacial score (nSPS) is 18.8. The minimum absolute atomic E-state index is 0.0395. The van der Waals surface area contributed by atoms with Crippen molar-refractivity contribution in [2.75, 3.05) is 33.8 Å². The third-order valence-electron chi connectivity index (χ3n) is 3.95. The highest BCUT2D eigenvalue weighted by Gasteiger charge is 2.21. The number of nitrogens with one attached hydrogen (secondary N) is 2. The third kappa shape index (κ3) is 4.14. The summed E-state index contributed by atoms with van der Waals surface area (Å²) >= 11 is 0. The number of rotatable bonds is 5. The molecule has 7 nitrogen and oxygen atoms in total. The summed E-state index contributed by atoms with van der Waals surface area (Å²) in [7, 11) is -0.892. The average Bonchev–Trinajstić information content (AvgIpc) is 2.59. The van der Waals surface area contributed by atoms with E-state index >= 15 is 0 Å². The molecule has 0 aromatic heterocycles. The van der Waals surface area contributed by atoms with E-state index < -0.39 is 10.0 Å². The Kier molecular flexibility index (Phi) is 5.98. The lowest BCUT2D eigenvalue weighted by Gasteiger charge is -2.33. The molecule has 1 amide bonds. The topological polar surface area (TPSA) is 87.7 Å². The van der Waals surface area contributed by atoms with Gasteiger partial charge in [-0.3, -0.25) is 4.79 Å². The van der Waals surface area contributed by atoms with Gasteiger partial charge < -0.3 is 15.0 Å². The smallest absolute Gasteiger partial charge is 0.246 e. The predicted octanol–water partition coefficient (Wildman–Crippen LogP) is 0.437. The van der Waals surface area contributed by atoms with Gasteiger partial charge >= 0.3 is 0 Å². The van der Waals surface area contributed by atoms with E-state index in [-0.39, 0.29) is 22.6 Å². The van der Waals surface area contributed by atoms with E-state index in [1.54, 1.807) is 23.1 Å². The Balaban J connectivity index is 2.23. The highest BCUT2D eigenvalue weighted by Crippen LogP contribution is 2.25. The van der Waals surface area contributed by atoms with Gasteiger partial charge in [0.25, 0.3) is 0 Å². The monoisotopic (exact) mass is 353 g/mol. The third-order valence-corrected chi connectivity index (χ3v) is 5.38. The summed E-state index contributed by atoms with van der Waals surface area (Å²) < 4.78 is 31.5. The average molecular weight is 353 g/mol. The summed E-state index contributed by atoms with van der Waals surface area (Å²) in [6.45, 7) is 4.19. The Hall–Kier alpha value is -1.90. The second kappa shape index (κ2) is 7.78. The summed E-state index contributed by atoms with van der Waals surface area (Å²) in [5, 5.41) is 3.23. The van der Waals surface area contributed by atoms with Crippen LogP contribution in [0.15, 0.2) is 29.2 Å². The van der Waals surface area contributed by atoms with E-state index in [0.29, 0.717) is 12.1 Å². The summed E-state index contributed by atoms with van der Waals surface area (Å²) in [4.78, 5) is 14.1. The first kappa shape index (κ1) is 18.4. The lowest BCUT2D eigenvalue weighted by atomic mass is 10.1. The van der Waals surface area contributed by atoms with Crippen LogP contribution in [0.4, 0.5) is 0 Å². The fourth-order valence-electron chi connectivity index (χ4n) is 2.55. The van der Waals surface area contributed by atoms with E-state index in [2.05, 4.69) is 10.0 Å². The number of amides is 1. The van der Waals surface area contributed by atoms with Crippen LogP contribution in [0.25, 0.3) is 6.08 Å². The Bertz CT molecular complexity index is 731. The number of benzene rings is 1. The highest BCUT2D eigenvalue weighted by molar-refractivity contribution is 7.89. The number of sulfonamides is 1. The van der Waals surface area contributed by atoms with Crippen molar-refractivity contribution in [3.63, 3.8) is 0 Å². The van der Waals surface area contributed by atoms with Gasteiger partial charge in [-0.2, -0.15) is 0 Å². The Morgan fingerprint density at radius 2 is 2.21 bits per heavy atom. The van der Waals surface area contributed by atoms with Crippen LogP contribution in [0.2, 0.25) is 0 Å². The standard InChI is InChI=1S/C16H23N3O4S/c1-12-11-18-8-9-19(12)16(20)7-5-13-4-6-14(23-3)15(10-13)24(21,22)17-2/h4-7,10,12,17-18H,8-9,11H2,1-3H3. The summed E-state index contributed by atoms with van der Waals surface area (Å²) in [6.07, 6.45) is 3.09. The molecule has 1 fully saturated rings. The molecule has 1 atom stereocenters. The second-order valence-electron chi connectivity index (χ2n) is 5.54. The van der Waals surface area contributed by atoms with Gasteiger partial charge in [0.2, 0.25) is 15.9 Å². The zero-order chi connectivity index (χ0) is 17.7. The molecule has 2 rings (SSSR count). The van der Waals surface area contributed by atoms with Crippen LogP contribution in [-0.2, 0) is 14.8 Å². The SMILES string of the molecule is CNS(=O)(=O)c1cc(C=CC(=O)N2CCNCC2C)ccc1OC. The molecular weight excluding hydrogens is 330 g/mol. The van der Waals surface area contributed by atoms with Gasteiger partial charge in [0.05, 0.1) is 7.11 Å². The number of carbonyl (C=O) groups is 1. The second-order valence-corrected chi connectivity index (χ2v) is 7.39. The van der Waals surface area contributed by atoms with Crippen molar-refractivity contribution in [2.45, 2.75) is 17.9 Å². The Morgan fingerprint density at radius 1 is 1.46 bits per heavy atom. The van der Waals surface area contributed by atoms with E-state index in [0.717, 1.165) is 13.1 Å². The first-order valence-electron chi connectivity index (χ1n) is 7.70. The molecule has 1 unspecified atom stereocenters. The van der Waals surface area contributed by atoms with Gasteiger partial charge in [-0.15, -0.1) is 0 Å². The Labute approximate surface area is 142 Å². The van der Waals surface area contributed by atoms with Crippen LogP contribution < -0.4 is 14.8 Å². The molecule has 0 saturated carbocycles. The first-order valence-corrected chi connectivity index (χ1v) is 9.18.